The molecule has 0 aliphatic heterocycles. The molecule has 0 fully saturated rings. The first-order chi connectivity index (χ1) is 15.7. The number of aliphatic hydroxyl groups excluding tert-OH is 1. The van der Waals surface area contributed by atoms with Crippen LogP contribution in [0.2, 0.25) is 10.0 Å². The van der Waals surface area contributed by atoms with Crippen molar-refractivity contribution in [2.45, 2.75) is 30.0 Å². The molecule has 0 bridgehead atoms. The Kier molecular flexibility index (Phi) is 8.37. The zero-order valence-corrected chi connectivity index (χ0v) is 20.2. The van der Waals surface area contributed by atoms with E-state index in [0.29, 0.717) is 33.3 Å². The van der Waals surface area contributed by atoms with Gasteiger partial charge in [0.1, 0.15) is 0 Å². The molecule has 0 saturated heterocycles. The Bertz CT molecular complexity index is 1210. The van der Waals surface area contributed by atoms with Gasteiger partial charge in [-0.15, -0.1) is 0 Å². The van der Waals surface area contributed by atoms with E-state index in [1.54, 1.807) is 37.3 Å². The first-order valence-corrected chi connectivity index (χ1v) is 12.6. The van der Waals surface area contributed by atoms with Gasteiger partial charge in [-0.25, -0.2) is 13.2 Å². The summed E-state index contributed by atoms with van der Waals surface area (Å²) in [5.74, 6) is -0.141. The summed E-state index contributed by atoms with van der Waals surface area (Å²) in [6.07, 6.45) is 0.528. The summed E-state index contributed by atoms with van der Waals surface area (Å²) in [6, 6.07) is 17.5. The van der Waals surface area contributed by atoms with E-state index in [-0.39, 0.29) is 23.3 Å². The maximum Gasteiger partial charge on any atom is 0.319 e. The molecule has 6 nitrogen and oxygen atoms in total. The molecule has 0 saturated carbocycles. The van der Waals surface area contributed by atoms with Gasteiger partial charge in [-0.2, -0.15) is 0 Å². The number of anilines is 1. The lowest BCUT2D eigenvalue weighted by Gasteiger charge is -2.17. The van der Waals surface area contributed by atoms with Crippen LogP contribution in [-0.2, 0) is 22.0 Å². The molecule has 0 aromatic heterocycles. The topological polar surface area (TPSA) is 95.5 Å². The van der Waals surface area contributed by atoms with Crippen LogP contribution in [-0.4, -0.2) is 26.2 Å². The van der Waals surface area contributed by atoms with Crippen LogP contribution in [0.4, 0.5) is 10.5 Å². The second kappa shape index (κ2) is 11.0. The number of halogens is 2. The second-order valence-electron chi connectivity index (χ2n) is 7.54. The molecule has 0 radical (unpaired) electrons. The number of benzene rings is 3. The van der Waals surface area contributed by atoms with Gasteiger partial charge in [0.25, 0.3) is 0 Å². The predicted molar refractivity (Wildman–Crippen MR) is 132 cm³/mol. The summed E-state index contributed by atoms with van der Waals surface area (Å²) < 4.78 is 25.5. The van der Waals surface area contributed by atoms with Gasteiger partial charge in [0.2, 0.25) is 0 Å². The molecular weight excluding hydrogens is 483 g/mol. The highest BCUT2D eigenvalue weighted by Gasteiger charge is 2.17. The van der Waals surface area contributed by atoms with Crippen LogP contribution in [0.3, 0.4) is 0 Å². The highest BCUT2D eigenvalue weighted by molar-refractivity contribution is 7.90. The average molecular weight is 507 g/mol. The predicted octanol–water partition coefficient (Wildman–Crippen LogP) is 5.38. The molecule has 0 aliphatic rings. The summed E-state index contributed by atoms with van der Waals surface area (Å²) in [6.45, 7) is 1.83. The molecule has 2 amide bonds. The second-order valence-corrected chi connectivity index (χ2v) is 10.3. The van der Waals surface area contributed by atoms with E-state index in [2.05, 4.69) is 10.6 Å². The van der Waals surface area contributed by atoms with Crippen molar-refractivity contribution in [3.8, 4) is 0 Å². The fraction of sp³-hybridized carbons (Fsp3) is 0.208. The molecular formula is C24H24Cl2N2O4S. The summed E-state index contributed by atoms with van der Waals surface area (Å²) in [4.78, 5) is 12.5. The summed E-state index contributed by atoms with van der Waals surface area (Å²) >= 11 is 12.2. The van der Waals surface area contributed by atoms with Gasteiger partial charge in [0, 0.05) is 12.3 Å². The van der Waals surface area contributed by atoms with Crippen LogP contribution in [0, 0.1) is 0 Å². The molecule has 0 spiro atoms. The van der Waals surface area contributed by atoms with Crippen molar-refractivity contribution in [2.24, 2.45) is 0 Å². The third kappa shape index (κ3) is 6.71. The van der Waals surface area contributed by atoms with Crippen molar-refractivity contribution in [1.29, 1.82) is 0 Å². The van der Waals surface area contributed by atoms with Gasteiger partial charge in [0.05, 0.1) is 26.7 Å². The van der Waals surface area contributed by atoms with E-state index in [1.807, 2.05) is 12.1 Å². The molecule has 9 heteroatoms. The van der Waals surface area contributed by atoms with Crippen LogP contribution < -0.4 is 10.6 Å². The monoisotopic (exact) mass is 506 g/mol. The minimum absolute atomic E-state index is 0.0450. The van der Waals surface area contributed by atoms with Crippen LogP contribution in [0.5, 0.6) is 0 Å². The molecule has 1 atom stereocenters. The molecule has 3 aromatic rings. The van der Waals surface area contributed by atoms with Crippen LogP contribution in [0.1, 0.15) is 29.7 Å². The van der Waals surface area contributed by atoms with Gasteiger partial charge >= 0.3 is 6.03 Å². The maximum atomic E-state index is 12.7. The Morgan fingerprint density at radius 1 is 0.970 bits per heavy atom. The first kappa shape index (κ1) is 25.1. The van der Waals surface area contributed by atoms with Crippen molar-refractivity contribution >= 4 is 44.8 Å². The molecule has 0 aliphatic carbocycles. The first-order valence-electron chi connectivity index (χ1n) is 10.2. The summed E-state index contributed by atoms with van der Waals surface area (Å²) in [7, 11) is -3.55. The number of carbonyl (C=O) groups excluding carboxylic acids is 1. The van der Waals surface area contributed by atoms with Crippen molar-refractivity contribution < 1.29 is 18.3 Å². The zero-order chi connectivity index (χ0) is 24.0. The highest BCUT2D eigenvalue weighted by Crippen LogP contribution is 2.29. The van der Waals surface area contributed by atoms with Crippen LogP contribution in [0.15, 0.2) is 71.6 Å². The lowest BCUT2D eigenvalue weighted by Crippen LogP contribution is -2.31. The standard InChI is InChI=1S/C24H24Cl2N2O4S/c1-16(21-3-2-4-22(25)23(21)26)27-24(30)28-19-9-11-20(12-10-19)33(31,32)15-18-7-5-17(6-8-18)13-14-29/h2-12,16,29H,13-15H2,1H3,(H2,27,28,30)/t16-/m0/s1. The van der Waals surface area contributed by atoms with Crippen molar-refractivity contribution in [2.75, 3.05) is 11.9 Å². The molecule has 3 N–H and O–H groups in total. The number of carbonyl (C=O) groups is 1. The highest BCUT2D eigenvalue weighted by atomic mass is 35.5. The third-order valence-corrected chi connectivity index (χ3v) is 7.58. The number of urea groups is 1. The number of aliphatic hydroxyl groups is 1. The lowest BCUT2D eigenvalue weighted by molar-refractivity contribution is 0.249. The van der Waals surface area contributed by atoms with E-state index in [4.69, 9.17) is 28.3 Å². The normalized spacial score (nSPS) is 12.2. The Morgan fingerprint density at radius 3 is 2.24 bits per heavy atom. The Morgan fingerprint density at radius 2 is 1.61 bits per heavy atom. The molecule has 0 heterocycles. The quantitative estimate of drug-likeness (QED) is 0.381. The zero-order valence-electron chi connectivity index (χ0n) is 17.9. The molecule has 174 valence electrons. The maximum absolute atomic E-state index is 12.7. The van der Waals surface area contributed by atoms with Crippen LogP contribution >= 0.6 is 23.2 Å². The number of nitrogens with one attached hydrogen (secondary N) is 2. The number of rotatable bonds is 8. The van der Waals surface area contributed by atoms with Gasteiger partial charge < -0.3 is 15.7 Å². The van der Waals surface area contributed by atoms with Gasteiger partial charge in [-0.1, -0.05) is 59.6 Å². The smallest absolute Gasteiger partial charge is 0.319 e. The SMILES string of the molecule is C[C@H](NC(=O)Nc1ccc(S(=O)(=O)Cc2ccc(CCO)cc2)cc1)c1cccc(Cl)c1Cl. The van der Waals surface area contributed by atoms with Crippen LogP contribution in [0.25, 0.3) is 0 Å². The summed E-state index contributed by atoms with van der Waals surface area (Å²) in [5.41, 5.74) is 2.74. The van der Waals surface area contributed by atoms with Gasteiger partial charge in [0.15, 0.2) is 9.84 Å². The number of amides is 2. The van der Waals surface area contributed by atoms with E-state index in [1.165, 1.54) is 24.3 Å². The number of sulfone groups is 1. The Labute approximate surface area is 203 Å². The third-order valence-electron chi connectivity index (χ3n) is 5.05. The fourth-order valence-electron chi connectivity index (χ4n) is 3.28. The molecule has 0 unspecified atom stereocenters. The van der Waals surface area contributed by atoms with Crippen molar-refractivity contribution in [3.05, 3.63) is 93.5 Å². The van der Waals surface area contributed by atoms with E-state index < -0.39 is 15.9 Å². The van der Waals surface area contributed by atoms with Gasteiger partial charge in [-0.05, 0) is 60.4 Å². The minimum atomic E-state index is -3.55. The van der Waals surface area contributed by atoms with Crippen molar-refractivity contribution in [1.82, 2.24) is 5.32 Å². The van der Waals surface area contributed by atoms with Crippen molar-refractivity contribution in [3.63, 3.8) is 0 Å². The fourth-order valence-corrected chi connectivity index (χ4v) is 5.10. The summed E-state index contributed by atoms with van der Waals surface area (Å²) in [5, 5.41) is 15.2. The van der Waals surface area contributed by atoms with E-state index in [9.17, 15) is 13.2 Å². The molecule has 3 rings (SSSR count). The largest absolute Gasteiger partial charge is 0.396 e. The van der Waals surface area contributed by atoms with E-state index in [0.717, 1.165) is 5.56 Å². The average Bonchev–Trinajstić information content (AvgIpc) is 2.77. The minimum Gasteiger partial charge on any atom is -0.396 e. The lowest BCUT2D eigenvalue weighted by atomic mass is 10.1. The number of hydrogen-bond acceptors (Lipinski definition) is 4. The Balaban J connectivity index is 1.61. The molecule has 33 heavy (non-hydrogen) atoms. The van der Waals surface area contributed by atoms with Gasteiger partial charge in [-0.3, -0.25) is 0 Å². The molecule has 3 aromatic carbocycles. The van der Waals surface area contributed by atoms with E-state index >= 15 is 0 Å². The Hall–Kier alpha value is -2.58. The number of hydrogen-bond donors (Lipinski definition) is 3.